The molecule has 4 saturated heterocycles. The highest BCUT2D eigenvalue weighted by atomic mass is 16.2. The smallest absolute Gasteiger partial charge is 0.262 e. The molecule has 5 aromatic rings. The zero-order chi connectivity index (χ0) is 49.1. The van der Waals surface area contributed by atoms with Gasteiger partial charge in [0.05, 0.1) is 28.3 Å². The molecule has 9 heterocycles. The molecule has 0 radical (unpaired) electrons. The number of benzene rings is 2. The van der Waals surface area contributed by atoms with Crippen LogP contribution in [0.4, 0.5) is 23.1 Å². The van der Waals surface area contributed by atoms with Crippen molar-refractivity contribution in [2.45, 2.75) is 64.6 Å². The van der Waals surface area contributed by atoms with Crippen molar-refractivity contribution in [3.05, 3.63) is 89.4 Å². The average molecular weight is 963 g/mol. The number of fused-ring (bicyclic) bond motifs is 3. The number of rotatable bonds is 11. The molecule has 1 unspecified atom stereocenters. The first-order chi connectivity index (χ1) is 34.4. The van der Waals surface area contributed by atoms with Crippen molar-refractivity contribution >= 4 is 57.7 Å². The number of aromatic nitrogens is 7. The molecule has 6 aliphatic heterocycles. The van der Waals surface area contributed by atoms with E-state index in [0.717, 1.165) is 136 Å². The first-order valence-electron chi connectivity index (χ1n) is 25.1. The van der Waals surface area contributed by atoms with Gasteiger partial charge in [-0.2, -0.15) is 5.10 Å². The highest BCUT2D eigenvalue weighted by molar-refractivity contribution is 6.23. The topological polar surface area (TPSA) is 200 Å². The monoisotopic (exact) mass is 963 g/mol. The van der Waals surface area contributed by atoms with Crippen molar-refractivity contribution in [2.24, 2.45) is 5.92 Å². The molecule has 20 nitrogen and oxygen atoms in total. The molecular weight excluding hydrogens is 901 g/mol. The van der Waals surface area contributed by atoms with Crippen LogP contribution in [0.1, 0.15) is 73.2 Å². The number of anilines is 4. The molecule has 3 atom stereocenters. The number of nitrogens with zero attached hydrogens (tertiary/aromatic N) is 13. The van der Waals surface area contributed by atoms with Crippen LogP contribution < -0.4 is 25.3 Å². The van der Waals surface area contributed by atoms with Crippen LogP contribution in [0.15, 0.2) is 78.3 Å². The Hall–Kier alpha value is -7.03. The lowest BCUT2D eigenvalue weighted by molar-refractivity contribution is -0.125. The molecule has 0 spiro atoms. The summed E-state index contributed by atoms with van der Waals surface area (Å²) in [6.07, 6.45) is 4.96. The summed E-state index contributed by atoms with van der Waals surface area (Å²) < 4.78 is 1.66. The van der Waals surface area contributed by atoms with E-state index >= 15 is 0 Å². The molecule has 4 amide bonds. The second-order valence-electron chi connectivity index (χ2n) is 20.1. The molecule has 4 fully saturated rings. The molecule has 71 heavy (non-hydrogen) atoms. The number of amides is 4. The summed E-state index contributed by atoms with van der Waals surface area (Å²) in [5.41, 5.74) is 7.03. The minimum absolute atomic E-state index is 0.207. The normalized spacial score (nSPS) is 23.0. The van der Waals surface area contributed by atoms with Crippen LogP contribution in [0.25, 0.3) is 22.2 Å². The number of hydrogen-bond acceptors (Lipinski definition) is 15. The molecule has 20 heteroatoms. The van der Waals surface area contributed by atoms with Crippen LogP contribution >= 0.6 is 0 Å². The number of imide groups is 1. The van der Waals surface area contributed by atoms with E-state index in [0.29, 0.717) is 58.8 Å². The average Bonchev–Trinajstić information content (AvgIpc) is 4.10. The molecule has 0 saturated carbocycles. The predicted molar refractivity (Wildman–Crippen MR) is 270 cm³/mol. The maximum absolute atomic E-state index is 13.7. The van der Waals surface area contributed by atoms with Gasteiger partial charge in [-0.05, 0) is 111 Å². The van der Waals surface area contributed by atoms with Gasteiger partial charge in [0.1, 0.15) is 17.6 Å². The van der Waals surface area contributed by atoms with Gasteiger partial charge >= 0.3 is 0 Å². The van der Waals surface area contributed by atoms with Crippen LogP contribution in [0.3, 0.4) is 0 Å². The van der Waals surface area contributed by atoms with Crippen LogP contribution in [0.2, 0.25) is 0 Å². The summed E-state index contributed by atoms with van der Waals surface area (Å²) in [6.45, 7) is 22.0. The summed E-state index contributed by atoms with van der Waals surface area (Å²) in [5.74, 6) is 0.814. The van der Waals surface area contributed by atoms with E-state index in [9.17, 15) is 19.2 Å². The van der Waals surface area contributed by atoms with Crippen molar-refractivity contribution in [1.29, 1.82) is 0 Å². The van der Waals surface area contributed by atoms with Gasteiger partial charge in [-0.1, -0.05) is 11.7 Å². The Morgan fingerprint density at radius 2 is 1.65 bits per heavy atom. The third kappa shape index (κ3) is 8.81. The molecule has 11 rings (SSSR count). The van der Waals surface area contributed by atoms with Gasteiger partial charge in [0, 0.05) is 132 Å². The van der Waals surface area contributed by atoms with Gasteiger partial charge in [0.2, 0.25) is 11.9 Å². The number of pyridine rings is 1. The molecular formula is C51H62N16O4. The zero-order valence-electron chi connectivity index (χ0n) is 41.0. The van der Waals surface area contributed by atoms with Crippen LogP contribution in [0, 0.1) is 5.92 Å². The highest BCUT2D eigenvalue weighted by Gasteiger charge is 2.44. The second-order valence-corrected chi connectivity index (χ2v) is 20.1. The Morgan fingerprint density at radius 3 is 2.44 bits per heavy atom. The lowest BCUT2D eigenvalue weighted by atomic mass is 9.95. The number of hydrogen-bond donors (Lipinski definition) is 3. The van der Waals surface area contributed by atoms with Gasteiger partial charge in [-0.25, -0.2) is 9.67 Å². The molecule has 6 aliphatic rings. The number of carbonyl (C=O) groups excluding carboxylic acids is 4. The van der Waals surface area contributed by atoms with E-state index in [1.165, 1.54) is 0 Å². The van der Waals surface area contributed by atoms with E-state index < -0.39 is 11.9 Å². The quantitative estimate of drug-likeness (QED) is 0.161. The summed E-state index contributed by atoms with van der Waals surface area (Å²) in [4.78, 5) is 73.5. The Balaban J connectivity index is 0.629. The standard InChI is InChI=1S/C51H62N16O4/c1-31-6-11-43(47(68)53-31)66-49(70)39-9-8-38(28-40(39)50(66)71)64-16-13-35(14-17-64)30-62-20-18-61(19-21-62)22-23-63-24-25-65(29-32(63)2)44-26-36(12-15-52-44)46-41-27-37(7-10-42(41)55-56-46)54-48(69)45-33(3)60(5)51-57-58-59-67(51)34(45)4/h7-10,12,15,26-28,32,34-35,43H,1,6,11,13-14,16-25,29-30H2,2-5H3,(H,53,68)(H,54,69)(H,55,56)/t32-,34-,43?/m0/s1. The van der Waals surface area contributed by atoms with Crippen molar-refractivity contribution in [2.75, 3.05) is 106 Å². The summed E-state index contributed by atoms with van der Waals surface area (Å²) >= 11 is 0. The largest absolute Gasteiger partial charge is 0.371 e. The number of carbonyl (C=O) groups is 4. The molecule has 3 N–H and O–H groups in total. The van der Waals surface area contributed by atoms with Crippen molar-refractivity contribution in [3.63, 3.8) is 0 Å². The van der Waals surface area contributed by atoms with Crippen LogP contribution in [-0.2, 0) is 9.59 Å². The third-order valence-electron chi connectivity index (χ3n) is 15.8. The number of allylic oxidation sites excluding steroid dienone is 2. The van der Waals surface area contributed by atoms with Gasteiger partial charge < -0.3 is 30.2 Å². The van der Waals surface area contributed by atoms with Crippen molar-refractivity contribution in [3.8, 4) is 11.3 Å². The Bertz CT molecular complexity index is 2950. The number of H-pyrrole nitrogens is 1. The number of nitrogens with one attached hydrogen (secondary N) is 3. The van der Waals surface area contributed by atoms with E-state index in [-0.39, 0.29) is 23.8 Å². The summed E-state index contributed by atoms with van der Waals surface area (Å²) in [7, 11) is 1.86. The fourth-order valence-corrected chi connectivity index (χ4v) is 11.5. The lowest BCUT2D eigenvalue weighted by Crippen LogP contribution is -2.55. The third-order valence-corrected chi connectivity index (χ3v) is 15.8. The van der Waals surface area contributed by atoms with Gasteiger partial charge in [0.15, 0.2) is 0 Å². The Kier molecular flexibility index (Phi) is 12.4. The van der Waals surface area contributed by atoms with Gasteiger partial charge in [-0.3, -0.25) is 39.0 Å². The molecule has 0 aliphatic carbocycles. The SMILES string of the molecule is C=C1CCC(N2C(=O)c3ccc(N4CCC(CN5CCN(CCN6CCN(c7cc(-c8n[nH]c9ccc(NC(=O)C%10=C(C)N(C)c%11nnnn%11[C@H]%10C)cc89)ccn7)C[C@@H]6C)CC5)CC4)cc3C2=O)C(=O)N1. The Morgan fingerprint density at radius 1 is 0.859 bits per heavy atom. The number of tetrazole rings is 1. The maximum atomic E-state index is 13.7. The lowest BCUT2D eigenvalue weighted by Gasteiger charge is -2.42. The Labute approximate surface area is 412 Å². The molecule has 3 aromatic heterocycles. The maximum Gasteiger partial charge on any atom is 0.262 e. The van der Waals surface area contributed by atoms with E-state index in [2.05, 4.69) is 75.3 Å². The number of aromatic amines is 1. The minimum Gasteiger partial charge on any atom is -0.371 e. The van der Waals surface area contributed by atoms with Gasteiger partial charge in [0.25, 0.3) is 17.7 Å². The minimum atomic E-state index is -0.804. The zero-order valence-corrected chi connectivity index (χ0v) is 41.0. The number of piperidine rings is 2. The van der Waals surface area contributed by atoms with E-state index in [4.69, 9.17) is 10.1 Å². The van der Waals surface area contributed by atoms with Crippen molar-refractivity contribution < 1.29 is 19.2 Å². The first kappa shape index (κ1) is 46.4. The van der Waals surface area contributed by atoms with E-state index in [1.54, 1.807) is 10.7 Å². The van der Waals surface area contributed by atoms with E-state index in [1.807, 2.05) is 68.4 Å². The molecule has 0 bridgehead atoms. The molecule has 2 aromatic carbocycles. The van der Waals surface area contributed by atoms with Crippen molar-refractivity contribution in [1.82, 2.24) is 60.3 Å². The fourth-order valence-electron chi connectivity index (χ4n) is 11.5. The summed E-state index contributed by atoms with van der Waals surface area (Å²) in [6, 6.07) is 14.7. The van der Waals surface area contributed by atoms with Gasteiger partial charge in [-0.15, -0.1) is 0 Å². The second kappa shape index (κ2) is 18.9. The molecule has 370 valence electrons. The number of piperazine rings is 2. The fraction of sp³-hybridized carbons (Fsp3) is 0.471. The van der Waals surface area contributed by atoms with Crippen LogP contribution in [-0.4, -0.2) is 176 Å². The summed E-state index contributed by atoms with van der Waals surface area (Å²) in [5, 5.41) is 26.7. The highest BCUT2D eigenvalue weighted by Crippen LogP contribution is 2.36. The first-order valence-corrected chi connectivity index (χ1v) is 25.1. The predicted octanol–water partition coefficient (Wildman–Crippen LogP) is 3.97. The van der Waals surface area contributed by atoms with Crippen LogP contribution in [0.5, 0.6) is 0 Å².